The van der Waals surface area contributed by atoms with Gasteiger partial charge < -0.3 is 9.84 Å². The van der Waals surface area contributed by atoms with Crippen molar-refractivity contribution in [1.82, 2.24) is 9.55 Å². The maximum absolute atomic E-state index is 11.6. The standard InChI is InChI=1S/C11H16N2O4/c1-3-7-6(2)9(15)10(17-7)13-5-4-8(14)12-11(13)16/h4-7,9-10,15H,3H2,1-2H3,(H,12,14,16)/t6-,7+,9?,10+/m0/s1. The molecule has 0 radical (unpaired) electrons. The maximum Gasteiger partial charge on any atom is 0.330 e. The van der Waals surface area contributed by atoms with Crippen molar-refractivity contribution in [2.45, 2.75) is 38.7 Å². The smallest absolute Gasteiger partial charge is 0.330 e. The lowest BCUT2D eigenvalue weighted by atomic mass is 9.99. The van der Waals surface area contributed by atoms with Crippen LogP contribution in [-0.4, -0.2) is 26.9 Å². The largest absolute Gasteiger partial charge is 0.388 e. The molecule has 1 saturated heterocycles. The zero-order valence-corrected chi connectivity index (χ0v) is 9.79. The highest BCUT2D eigenvalue weighted by molar-refractivity contribution is 4.91. The van der Waals surface area contributed by atoms with Gasteiger partial charge >= 0.3 is 5.69 Å². The van der Waals surface area contributed by atoms with Crippen LogP contribution in [0.5, 0.6) is 0 Å². The molecular formula is C11H16N2O4. The van der Waals surface area contributed by atoms with Gasteiger partial charge in [0.15, 0.2) is 6.23 Å². The fraction of sp³-hybridized carbons (Fsp3) is 0.636. The molecule has 2 heterocycles. The van der Waals surface area contributed by atoms with E-state index in [1.54, 1.807) is 0 Å². The molecule has 1 aromatic heterocycles. The number of aromatic nitrogens is 2. The Morgan fingerprint density at radius 1 is 1.53 bits per heavy atom. The molecule has 0 amide bonds. The lowest BCUT2D eigenvalue weighted by molar-refractivity contribution is -0.0404. The Bertz CT molecular complexity index is 507. The van der Waals surface area contributed by atoms with Gasteiger partial charge in [-0.1, -0.05) is 13.8 Å². The van der Waals surface area contributed by atoms with Crippen molar-refractivity contribution >= 4 is 0 Å². The lowest BCUT2D eigenvalue weighted by Crippen LogP contribution is -2.35. The highest BCUT2D eigenvalue weighted by Gasteiger charge is 2.41. The van der Waals surface area contributed by atoms with Crippen LogP contribution in [0.1, 0.15) is 26.5 Å². The molecule has 0 aliphatic carbocycles. The Labute approximate surface area is 97.9 Å². The van der Waals surface area contributed by atoms with Gasteiger partial charge in [-0.25, -0.2) is 4.79 Å². The molecular weight excluding hydrogens is 224 g/mol. The first-order valence-electron chi connectivity index (χ1n) is 5.69. The number of aromatic amines is 1. The molecule has 0 spiro atoms. The number of aliphatic hydroxyl groups excluding tert-OH is 1. The van der Waals surface area contributed by atoms with E-state index < -0.39 is 23.6 Å². The molecule has 1 aliphatic rings. The summed E-state index contributed by atoms with van der Waals surface area (Å²) in [7, 11) is 0. The molecule has 0 bridgehead atoms. The van der Waals surface area contributed by atoms with Crippen LogP contribution in [0.3, 0.4) is 0 Å². The molecule has 1 aromatic rings. The van der Waals surface area contributed by atoms with E-state index in [1.807, 2.05) is 13.8 Å². The van der Waals surface area contributed by atoms with Gasteiger partial charge in [0.25, 0.3) is 5.56 Å². The van der Waals surface area contributed by atoms with Crippen molar-refractivity contribution < 1.29 is 9.84 Å². The lowest BCUT2D eigenvalue weighted by Gasteiger charge is -2.17. The van der Waals surface area contributed by atoms with Crippen molar-refractivity contribution in [2.75, 3.05) is 0 Å². The summed E-state index contributed by atoms with van der Waals surface area (Å²) in [4.78, 5) is 24.7. The highest BCUT2D eigenvalue weighted by atomic mass is 16.5. The van der Waals surface area contributed by atoms with Gasteiger partial charge in [0.1, 0.15) is 6.10 Å². The Kier molecular flexibility index (Phi) is 3.17. The average Bonchev–Trinajstić information content (AvgIpc) is 2.57. The molecule has 1 aliphatic heterocycles. The van der Waals surface area contributed by atoms with E-state index in [9.17, 15) is 14.7 Å². The molecule has 6 heteroatoms. The van der Waals surface area contributed by atoms with Crippen LogP contribution in [0.15, 0.2) is 21.9 Å². The van der Waals surface area contributed by atoms with E-state index in [-0.39, 0.29) is 12.0 Å². The van der Waals surface area contributed by atoms with E-state index in [1.165, 1.54) is 16.8 Å². The summed E-state index contributed by atoms with van der Waals surface area (Å²) in [6, 6.07) is 1.24. The molecule has 4 atom stereocenters. The second-order valence-corrected chi connectivity index (χ2v) is 4.34. The number of nitrogens with one attached hydrogen (secondary N) is 1. The van der Waals surface area contributed by atoms with Crippen LogP contribution in [0.4, 0.5) is 0 Å². The third kappa shape index (κ3) is 2.05. The number of hydrogen-bond acceptors (Lipinski definition) is 4. The minimum absolute atomic E-state index is 0.0381. The van der Waals surface area contributed by atoms with Crippen molar-refractivity contribution in [3.63, 3.8) is 0 Å². The highest BCUT2D eigenvalue weighted by Crippen LogP contribution is 2.33. The first-order valence-corrected chi connectivity index (χ1v) is 5.69. The van der Waals surface area contributed by atoms with Crippen molar-refractivity contribution in [3.8, 4) is 0 Å². The van der Waals surface area contributed by atoms with Crippen LogP contribution in [0.25, 0.3) is 0 Å². The summed E-state index contributed by atoms with van der Waals surface area (Å²) in [6.45, 7) is 3.85. The Balaban J connectivity index is 2.35. The van der Waals surface area contributed by atoms with Gasteiger partial charge in [-0.2, -0.15) is 0 Å². The van der Waals surface area contributed by atoms with Crippen molar-refractivity contribution in [3.05, 3.63) is 33.1 Å². The normalized spacial score (nSPS) is 32.9. The summed E-state index contributed by atoms with van der Waals surface area (Å²) in [6.07, 6.45) is 0.573. The third-order valence-corrected chi connectivity index (χ3v) is 3.26. The van der Waals surface area contributed by atoms with Crippen molar-refractivity contribution in [2.24, 2.45) is 5.92 Å². The first-order chi connectivity index (χ1) is 8.04. The fourth-order valence-electron chi connectivity index (χ4n) is 2.19. The van der Waals surface area contributed by atoms with Gasteiger partial charge in [0.2, 0.25) is 0 Å². The summed E-state index contributed by atoms with van der Waals surface area (Å²) < 4.78 is 6.85. The van der Waals surface area contributed by atoms with Crippen LogP contribution in [0, 0.1) is 5.92 Å². The van der Waals surface area contributed by atoms with Crippen LogP contribution in [0.2, 0.25) is 0 Å². The van der Waals surface area contributed by atoms with Crippen LogP contribution < -0.4 is 11.2 Å². The van der Waals surface area contributed by atoms with Gasteiger partial charge in [0.05, 0.1) is 6.10 Å². The summed E-state index contributed by atoms with van der Waals surface area (Å²) in [5.41, 5.74) is -1.02. The SMILES string of the molecule is CC[C@H]1O[C@@H](n2ccc(=O)[nH]c2=O)C(O)[C@H]1C. The van der Waals surface area contributed by atoms with E-state index in [4.69, 9.17) is 4.74 Å². The van der Waals surface area contributed by atoms with Gasteiger partial charge in [0, 0.05) is 18.2 Å². The molecule has 1 unspecified atom stereocenters. The quantitative estimate of drug-likeness (QED) is 0.752. The second kappa shape index (κ2) is 4.46. The monoisotopic (exact) mass is 240 g/mol. The molecule has 2 N–H and O–H groups in total. The zero-order chi connectivity index (χ0) is 12.6. The number of hydrogen-bond donors (Lipinski definition) is 2. The van der Waals surface area contributed by atoms with E-state index in [2.05, 4.69) is 4.98 Å². The average molecular weight is 240 g/mol. The van der Waals surface area contributed by atoms with Crippen LogP contribution >= 0.6 is 0 Å². The van der Waals surface area contributed by atoms with E-state index in [0.717, 1.165) is 6.42 Å². The molecule has 6 nitrogen and oxygen atoms in total. The molecule has 17 heavy (non-hydrogen) atoms. The zero-order valence-electron chi connectivity index (χ0n) is 9.79. The predicted octanol–water partition coefficient (Wildman–Crippen LogP) is -0.159. The second-order valence-electron chi connectivity index (χ2n) is 4.34. The third-order valence-electron chi connectivity index (χ3n) is 3.26. The van der Waals surface area contributed by atoms with E-state index >= 15 is 0 Å². The summed E-state index contributed by atoms with van der Waals surface area (Å²) in [5, 5.41) is 10.0. The molecule has 0 aromatic carbocycles. The van der Waals surface area contributed by atoms with Crippen molar-refractivity contribution in [1.29, 1.82) is 0 Å². The van der Waals surface area contributed by atoms with Gasteiger partial charge in [-0.05, 0) is 6.42 Å². The minimum atomic E-state index is -0.747. The fourth-order valence-corrected chi connectivity index (χ4v) is 2.19. The summed E-state index contributed by atoms with van der Waals surface area (Å²) in [5.74, 6) is -0.0381. The van der Waals surface area contributed by atoms with Crippen LogP contribution in [-0.2, 0) is 4.74 Å². The molecule has 94 valence electrons. The minimum Gasteiger partial charge on any atom is -0.388 e. The molecule has 0 saturated carbocycles. The topological polar surface area (TPSA) is 84.3 Å². The Morgan fingerprint density at radius 3 is 2.76 bits per heavy atom. The summed E-state index contributed by atoms with van der Waals surface area (Å²) >= 11 is 0. The number of H-pyrrole nitrogens is 1. The number of nitrogens with zero attached hydrogens (tertiary/aromatic N) is 1. The first kappa shape index (κ1) is 12.1. The van der Waals surface area contributed by atoms with Gasteiger partial charge in [-0.3, -0.25) is 14.3 Å². The molecule has 1 fully saturated rings. The number of aliphatic hydroxyl groups is 1. The Morgan fingerprint density at radius 2 is 2.24 bits per heavy atom. The Hall–Kier alpha value is -1.40. The van der Waals surface area contributed by atoms with Gasteiger partial charge in [-0.15, -0.1) is 0 Å². The number of ether oxygens (including phenoxy) is 1. The molecule has 2 rings (SSSR count). The maximum atomic E-state index is 11.6. The van der Waals surface area contributed by atoms with E-state index in [0.29, 0.717) is 0 Å². The number of rotatable bonds is 2. The predicted molar refractivity (Wildman–Crippen MR) is 60.7 cm³/mol.